The first-order chi connectivity index (χ1) is 11.1. The maximum atomic E-state index is 6.48. The SMILES string of the molecule is CCC[Si](OCC)(OCC)O[Si](OCC)(OCC)n1ccnc1. The zero-order chi connectivity index (χ0) is 17.2. The fourth-order valence-corrected chi connectivity index (χ4v) is 9.10. The van der Waals surface area contributed by atoms with Crippen LogP contribution in [0.2, 0.25) is 6.04 Å². The van der Waals surface area contributed by atoms with E-state index in [1.54, 1.807) is 23.0 Å². The molecule has 1 aromatic heterocycles. The minimum Gasteiger partial charge on any atom is -0.374 e. The zero-order valence-corrected chi connectivity index (χ0v) is 16.9. The monoisotopic (exact) mass is 362 g/mol. The summed E-state index contributed by atoms with van der Waals surface area (Å²) >= 11 is 0. The minimum absolute atomic E-state index is 0.471. The standard InChI is InChI=1S/C14H30N2O5Si2/c1-6-13-22(17-7-2,18-8-3)21-23(19-9-4,20-10-5)16-12-11-15-14-16/h11-12,14H,6-10,13H2,1-5H3. The Bertz CT molecular complexity index is 396. The molecule has 134 valence electrons. The van der Waals surface area contributed by atoms with Crippen molar-refractivity contribution < 1.29 is 21.8 Å². The molecular weight excluding hydrogens is 332 g/mol. The fraction of sp³-hybridized carbons (Fsp3) is 0.786. The number of rotatable bonds is 13. The molecule has 0 aliphatic carbocycles. The van der Waals surface area contributed by atoms with E-state index in [1.807, 2.05) is 27.7 Å². The maximum Gasteiger partial charge on any atom is 0.631 e. The Morgan fingerprint density at radius 1 is 0.870 bits per heavy atom. The smallest absolute Gasteiger partial charge is 0.374 e. The van der Waals surface area contributed by atoms with Crippen LogP contribution in [0.5, 0.6) is 0 Å². The van der Waals surface area contributed by atoms with Crippen LogP contribution in [0, 0.1) is 0 Å². The predicted octanol–water partition coefficient (Wildman–Crippen LogP) is 2.68. The van der Waals surface area contributed by atoms with Crippen LogP contribution in [-0.2, 0) is 21.8 Å². The second-order valence-corrected chi connectivity index (χ2v) is 10.2. The van der Waals surface area contributed by atoms with Crippen LogP contribution < -0.4 is 0 Å². The summed E-state index contributed by atoms with van der Waals surface area (Å²) in [7, 11) is -6.10. The highest BCUT2D eigenvalue weighted by Crippen LogP contribution is 2.25. The quantitative estimate of drug-likeness (QED) is 0.503. The molecule has 1 aromatic rings. The van der Waals surface area contributed by atoms with E-state index < -0.39 is 17.8 Å². The van der Waals surface area contributed by atoms with Crippen LogP contribution >= 0.6 is 0 Å². The predicted molar refractivity (Wildman–Crippen MR) is 91.8 cm³/mol. The van der Waals surface area contributed by atoms with Gasteiger partial charge in [-0.25, -0.2) is 4.98 Å². The highest BCUT2D eigenvalue weighted by molar-refractivity contribution is 6.74. The molecule has 23 heavy (non-hydrogen) atoms. The van der Waals surface area contributed by atoms with Crippen molar-refractivity contribution in [2.24, 2.45) is 0 Å². The maximum absolute atomic E-state index is 6.48. The largest absolute Gasteiger partial charge is 0.631 e. The number of hydrogen-bond donors (Lipinski definition) is 0. The Kier molecular flexibility index (Phi) is 9.21. The molecule has 0 spiro atoms. The molecule has 0 N–H and O–H groups in total. The molecule has 0 atom stereocenters. The van der Waals surface area contributed by atoms with E-state index >= 15 is 0 Å². The molecule has 0 unspecified atom stereocenters. The summed E-state index contributed by atoms with van der Waals surface area (Å²) in [6, 6.07) is 0.721. The number of nitrogens with zero attached hydrogens (tertiary/aromatic N) is 2. The first-order valence-corrected chi connectivity index (χ1v) is 12.0. The van der Waals surface area contributed by atoms with E-state index in [-0.39, 0.29) is 0 Å². The van der Waals surface area contributed by atoms with E-state index in [1.165, 1.54) is 0 Å². The second-order valence-electron chi connectivity index (χ2n) is 4.76. The van der Waals surface area contributed by atoms with E-state index in [2.05, 4.69) is 11.9 Å². The molecule has 0 fully saturated rings. The Morgan fingerprint density at radius 2 is 1.43 bits per heavy atom. The van der Waals surface area contributed by atoms with Crippen molar-refractivity contribution in [2.75, 3.05) is 26.4 Å². The first kappa shape index (κ1) is 20.5. The van der Waals surface area contributed by atoms with E-state index in [0.29, 0.717) is 26.4 Å². The summed E-state index contributed by atoms with van der Waals surface area (Å²) in [5, 5.41) is 0. The number of aromatic nitrogens is 2. The van der Waals surface area contributed by atoms with Gasteiger partial charge in [-0.15, -0.1) is 0 Å². The van der Waals surface area contributed by atoms with Gasteiger partial charge in [-0.2, -0.15) is 0 Å². The summed E-state index contributed by atoms with van der Waals surface area (Å²) in [5.74, 6) is 0. The summed E-state index contributed by atoms with van der Waals surface area (Å²) < 4.78 is 32.3. The van der Waals surface area contributed by atoms with Gasteiger partial charge in [0.2, 0.25) is 0 Å². The lowest BCUT2D eigenvalue weighted by atomic mass is 10.6. The molecule has 7 nitrogen and oxygen atoms in total. The van der Waals surface area contributed by atoms with Gasteiger partial charge in [-0.1, -0.05) is 13.3 Å². The first-order valence-electron chi connectivity index (χ1n) is 8.36. The lowest BCUT2D eigenvalue weighted by molar-refractivity contribution is 0.0432. The van der Waals surface area contributed by atoms with Crippen LogP contribution in [0.25, 0.3) is 0 Å². The molecule has 0 aliphatic heterocycles. The summed E-state index contributed by atoms with van der Waals surface area (Å²) in [4.78, 5) is 4.11. The molecular formula is C14H30N2O5Si2. The van der Waals surface area contributed by atoms with Gasteiger partial charge in [-0.3, -0.25) is 4.23 Å². The van der Waals surface area contributed by atoms with Gasteiger partial charge in [0.25, 0.3) is 0 Å². The molecule has 0 amide bonds. The van der Waals surface area contributed by atoms with Crippen molar-refractivity contribution in [2.45, 2.75) is 47.1 Å². The lowest BCUT2D eigenvalue weighted by Crippen LogP contribution is -2.62. The van der Waals surface area contributed by atoms with E-state index in [9.17, 15) is 0 Å². The third-order valence-corrected chi connectivity index (χ3v) is 10.1. The molecule has 9 heteroatoms. The molecule has 0 radical (unpaired) electrons. The Balaban J connectivity index is 3.21. The van der Waals surface area contributed by atoms with Crippen LogP contribution in [-0.4, -0.2) is 53.4 Å². The lowest BCUT2D eigenvalue weighted by Gasteiger charge is -2.37. The summed E-state index contributed by atoms with van der Waals surface area (Å²) in [6.07, 6.45) is 6.06. The Hall–Kier alpha value is -0.556. The average molecular weight is 363 g/mol. The number of hydrogen-bond acceptors (Lipinski definition) is 6. The third-order valence-electron chi connectivity index (χ3n) is 3.04. The van der Waals surface area contributed by atoms with Crippen molar-refractivity contribution in [1.82, 2.24) is 9.22 Å². The normalized spacial score (nSPS) is 12.7. The van der Waals surface area contributed by atoms with Gasteiger partial charge in [0.1, 0.15) is 0 Å². The minimum atomic E-state index is -3.20. The van der Waals surface area contributed by atoms with Gasteiger partial charge in [0.15, 0.2) is 0 Å². The van der Waals surface area contributed by atoms with Gasteiger partial charge < -0.3 is 21.8 Å². The van der Waals surface area contributed by atoms with Crippen LogP contribution in [0.3, 0.4) is 0 Å². The van der Waals surface area contributed by atoms with Crippen molar-refractivity contribution in [1.29, 1.82) is 0 Å². The molecule has 1 rings (SSSR count). The van der Waals surface area contributed by atoms with Gasteiger partial charge >= 0.3 is 17.8 Å². The van der Waals surface area contributed by atoms with Gasteiger partial charge in [0.05, 0.1) is 6.33 Å². The third kappa shape index (κ3) is 5.49. The molecule has 0 saturated heterocycles. The van der Waals surface area contributed by atoms with Crippen LogP contribution in [0.15, 0.2) is 18.7 Å². The summed E-state index contributed by atoms with van der Waals surface area (Å²) in [5.41, 5.74) is 0. The van der Waals surface area contributed by atoms with Gasteiger partial charge in [-0.05, 0) is 27.7 Å². The average Bonchev–Trinajstić information content (AvgIpc) is 3.03. The van der Waals surface area contributed by atoms with Crippen LogP contribution in [0.1, 0.15) is 41.0 Å². The highest BCUT2D eigenvalue weighted by atomic mass is 28.5. The molecule has 0 aromatic carbocycles. The summed E-state index contributed by atoms with van der Waals surface area (Å²) in [6.45, 7) is 11.8. The van der Waals surface area contributed by atoms with E-state index in [4.69, 9.17) is 21.8 Å². The van der Waals surface area contributed by atoms with E-state index in [0.717, 1.165) is 12.5 Å². The Labute approximate surface area is 141 Å². The van der Waals surface area contributed by atoms with Crippen molar-refractivity contribution >= 4 is 17.8 Å². The van der Waals surface area contributed by atoms with Crippen molar-refractivity contribution in [3.05, 3.63) is 18.7 Å². The molecule has 1 heterocycles. The second kappa shape index (κ2) is 10.3. The van der Waals surface area contributed by atoms with Crippen LogP contribution in [0.4, 0.5) is 0 Å². The molecule has 0 aliphatic rings. The Morgan fingerprint density at radius 3 is 1.83 bits per heavy atom. The fourth-order valence-electron chi connectivity index (χ4n) is 2.33. The van der Waals surface area contributed by atoms with Crippen molar-refractivity contribution in [3.8, 4) is 0 Å². The highest BCUT2D eigenvalue weighted by Gasteiger charge is 2.55. The molecule has 0 saturated carbocycles. The van der Waals surface area contributed by atoms with Crippen molar-refractivity contribution in [3.63, 3.8) is 0 Å². The number of imidazole rings is 1. The van der Waals surface area contributed by atoms with Gasteiger partial charge in [0, 0.05) is 44.9 Å². The zero-order valence-electron chi connectivity index (χ0n) is 14.9. The topological polar surface area (TPSA) is 64.0 Å². The molecule has 0 bridgehead atoms.